The molecular formula is C13H24N2O3Si. The molecule has 1 rings (SSSR count). The zero-order chi connectivity index (χ0) is 14.6. The highest BCUT2D eigenvalue weighted by Gasteiger charge is 2.23. The number of aromatic nitrogens is 2. The van der Waals surface area contributed by atoms with Gasteiger partial charge in [-0.15, -0.1) is 0 Å². The maximum Gasteiger partial charge on any atom is 0.330 e. The summed E-state index contributed by atoms with van der Waals surface area (Å²) in [5, 5.41) is 0. The SMILES string of the molecule is CCCCC(O[Si](C)(C)C)n1cc(C)c(=O)[nH]c1=O. The predicted octanol–water partition coefficient (Wildman–Crippen LogP) is 2.39. The first-order chi connectivity index (χ1) is 8.74. The molecule has 0 fully saturated rings. The van der Waals surface area contributed by atoms with Crippen molar-refractivity contribution in [2.75, 3.05) is 0 Å². The fourth-order valence-electron chi connectivity index (χ4n) is 1.84. The Morgan fingerprint density at radius 3 is 2.53 bits per heavy atom. The van der Waals surface area contributed by atoms with Gasteiger partial charge in [-0.05, 0) is 39.4 Å². The Labute approximate surface area is 114 Å². The summed E-state index contributed by atoms with van der Waals surface area (Å²) >= 11 is 0. The zero-order valence-corrected chi connectivity index (χ0v) is 13.4. The molecule has 0 bridgehead atoms. The Balaban J connectivity index is 3.13. The topological polar surface area (TPSA) is 64.1 Å². The number of aryl methyl sites for hydroxylation is 1. The highest BCUT2D eigenvalue weighted by Crippen LogP contribution is 2.20. The summed E-state index contributed by atoms with van der Waals surface area (Å²) in [4.78, 5) is 25.7. The minimum atomic E-state index is -1.76. The van der Waals surface area contributed by atoms with Gasteiger partial charge in [-0.3, -0.25) is 14.3 Å². The van der Waals surface area contributed by atoms with Crippen molar-refractivity contribution in [1.29, 1.82) is 0 Å². The van der Waals surface area contributed by atoms with Crippen LogP contribution in [0.25, 0.3) is 0 Å². The Kier molecular flexibility index (Phi) is 5.31. The molecule has 19 heavy (non-hydrogen) atoms. The number of rotatable bonds is 6. The van der Waals surface area contributed by atoms with Gasteiger partial charge < -0.3 is 4.43 Å². The maximum absolute atomic E-state index is 11.9. The van der Waals surface area contributed by atoms with Crippen molar-refractivity contribution in [3.63, 3.8) is 0 Å². The number of aromatic amines is 1. The van der Waals surface area contributed by atoms with Crippen molar-refractivity contribution < 1.29 is 4.43 Å². The second-order valence-electron chi connectivity index (χ2n) is 5.81. The van der Waals surface area contributed by atoms with Crippen molar-refractivity contribution in [1.82, 2.24) is 9.55 Å². The van der Waals surface area contributed by atoms with Crippen LogP contribution in [0.1, 0.15) is 38.0 Å². The highest BCUT2D eigenvalue weighted by molar-refractivity contribution is 6.69. The quantitative estimate of drug-likeness (QED) is 0.816. The van der Waals surface area contributed by atoms with Crippen LogP contribution >= 0.6 is 0 Å². The summed E-state index contributed by atoms with van der Waals surface area (Å²) in [6.45, 7) is 10.1. The van der Waals surface area contributed by atoms with E-state index in [4.69, 9.17) is 4.43 Å². The lowest BCUT2D eigenvalue weighted by atomic mass is 10.2. The predicted molar refractivity (Wildman–Crippen MR) is 79.1 cm³/mol. The van der Waals surface area contributed by atoms with Crippen LogP contribution in [0, 0.1) is 6.92 Å². The van der Waals surface area contributed by atoms with Gasteiger partial charge in [-0.1, -0.05) is 13.3 Å². The van der Waals surface area contributed by atoms with Crippen LogP contribution in [0.15, 0.2) is 15.8 Å². The van der Waals surface area contributed by atoms with Crippen LogP contribution in [-0.2, 0) is 4.43 Å². The lowest BCUT2D eigenvalue weighted by Gasteiger charge is -2.27. The minimum Gasteiger partial charge on any atom is -0.397 e. The van der Waals surface area contributed by atoms with Gasteiger partial charge in [0, 0.05) is 11.8 Å². The Bertz CT molecular complexity index is 528. The lowest BCUT2D eigenvalue weighted by Crippen LogP contribution is -2.38. The first-order valence-corrected chi connectivity index (χ1v) is 10.2. The third kappa shape index (κ3) is 4.79. The molecule has 0 aliphatic heterocycles. The van der Waals surface area contributed by atoms with Crippen molar-refractivity contribution in [3.8, 4) is 0 Å². The molecule has 0 aliphatic rings. The van der Waals surface area contributed by atoms with E-state index in [0.717, 1.165) is 19.3 Å². The van der Waals surface area contributed by atoms with Crippen LogP contribution in [0.2, 0.25) is 19.6 Å². The largest absolute Gasteiger partial charge is 0.397 e. The zero-order valence-electron chi connectivity index (χ0n) is 12.4. The number of nitrogens with one attached hydrogen (secondary N) is 1. The lowest BCUT2D eigenvalue weighted by molar-refractivity contribution is 0.106. The average molecular weight is 284 g/mol. The second-order valence-corrected chi connectivity index (χ2v) is 10.3. The van der Waals surface area contributed by atoms with Crippen LogP contribution in [0.4, 0.5) is 0 Å². The molecule has 1 aromatic rings. The summed E-state index contributed by atoms with van der Waals surface area (Å²) in [7, 11) is -1.76. The van der Waals surface area contributed by atoms with E-state index in [1.807, 2.05) is 0 Å². The monoisotopic (exact) mass is 284 g/mol. The molecule has 1 heterocycles. The number of nitrogens with zero attached hydrogens (tertiary/aromatic N) is 1. The van der Waals surface area contributed by atoms with Gasteiger partial charge in [0.15, 0.2) is 8.32 Å². The van der Waals surface area contributed by atoms with E-state index >= 15 is 0 Å². The summed E-state index contributed by atoms with van der Waals surface area (Å²) in [6, 6.07) is 0. The molecular weight excluding hydrogens is 260 g/mol. The minimum absolute atomic E-state index is 0.283. The van der Waals surface area contributed by atoms with Crippen molar-refractivity contribution >= 4 is 8.32 Å². The Morgan fingerprint density at radius 2 is 2.00 bits per heavy atom. The van der Waals surface area contributed by atoms with E-state index in [2.05, 4.69) is 31.5 Å². The van der Waals surface area contributed by atoms with E-state index in [9.17, 15) is 9.59 Å². The van der Waals surface area contributed by atoms with E-state index in [1.54, 1.807) is 13.1 Å². The van der Waals surface area contributed by atoms with Crippen LogP contribution in [0.5, 0.6) is 0 Å². The van der Waals surface area contributed by atoms with Crippen LogP contribution in [0.3, 0.4) is 0 Å². The molecule has 0 saturated heterocycles. The van der Waals surface area contributed by atoms with Crippen LogP contribution < -0.4 is 11.2 Å². The molecule has 1 aromatic heterocycles. The molecule has 6 heteroatoms. The van der Waals surface area contributed by atoms with Gasteiger partial charge in [0.1, 0.15) is 6.23 Å². The van der Waals surface area contributed by atoms with Gasteiger partial charge in [-0.2, -0.15) is 0 Å². The van der Waals surface area contributed by atoms with Crippen molar-refractivity contribution in [2.45, 2.75) is 59.0 Å². The molecule has 0 radical (unpaired) electrons. The van der Waals surface area contributed by atoms with Gasteiger partial charge in [0.2, 0.25) is 0 Å². The van der Waals surface area contributed by atoms with Gasteiger partial charge in [-0.25, -0.2) is 4.79 Å². The molecule has 0 saturated carbocycles. The molecule has 0 amide bonds. The molecule has 1 unspecified atom stereocenters. The molecule has 0 spiro atoms. The van der Waals surface area contributed by atoms with Crippen molar-refractivity contribution in [3.05, 3.63) is 32.6 Å². The van der Waals surface area contributed by atoms with E-state index in [-0.39, 0.29) is 11.8 Å². The van der Waals surface area contributed by atoms with Gasteiger partial charge >= 0.3 is 5.69 Å². The number of unbranched alkanes of at least 4 members (excludes halogenated alkanes) is 1. The molecule has 0 aliphatic carbocycles. The standard InChI is InChI=1S/C13H24N2O3Si/c1-6-7-8-11(18-19(3,4)5)15-9-10(2)12(16)14-13(15)17/h9,11H,6-8H2,1-5H3,(H,14,16,17). The number of H-pyrrole nitrogens is 1. The van der Waals surface area contributed by atoms with Gasteiger partial charge in [0.25, 0.3) is 5.56 Å². The highest BCUT2D eigenvalue weighted by atomic mass is 28.4. The van der Waals surface area contributed by atoms with Gasteiger partial charge in [0.05, 0.1) is 0 Å². The number of hydrogen-bond donors (Lipinski definition) is 1. The third-order valence-corrected chi connectivity index (χ3v) is 3.73. The normalized spacial score (nSPS) is 13.5. The smallest absolute Gasteiger partial charge is 0.330 e. The third-order valence-electron chi connectivity index (χ3n) is 2.75. The summed E-state index contributed by atoms with van der Waals surface area (Å²) in [6.07, 6.45) is 4.13. The van der Waals surface area contributed by atoms with E-state index in [0.29, 0.717) is 5.56 Å². The molecule has 108 valence electrons. The average Bonchev–Trinajstić information content (AvgIpc) is 2.28. The van der Waals surface area contributed by atoms with Crippen LogP contribution in [-0.4, -0.2) is 17.9 Å². The molecule has 5 nitrogen and oxygen atoms in total. The van der Waals surface area contributed by atoms with E-state index < -0.39 is 14.0 Å². The number of hydrogen-bond acceptors (Lipinski definition) is 3. The summed E-state index contributed by atoms with van der Waals surface area (Å²) in [5.74, 6) is 0. The summed E-state index contributed by atoms with van der Waals surface area (Å²) in [5.41, 5.74) is -0.196. The fraction of sp³-hybridized carbons (Fsp3) is 0.692. The Morgan fingerprint density at radius 1 is 1.37 bits per heavy atom. The second kappa shape index (κ2) is 6.34. The fourth-order valence-corrected chi connectivity index (χ4v) is 2.89. The van der Waals surface area contributed by atoms with Crippen molar-refractivity contribution in [2.24, 2.45) is 0 Å². The first kappa shape index (κ1) is 15.9. The van der Waals surface area contributed by atoms with E-state index in [1.165, 1.54) is 4.57 Å². The maximum atomic E-state index is 11.9. The molecule has 1 N–H and O–H groups in total. The molecule has 1 atom stereocenters. The molecule has 0 aromatic carbocycles. The first-order valence-electron chi connectivity index (χ1n) is 6.74. The summed E-state index contributed by atoms with van der Waals surface area (Å²) < 4.78 is 7.60. The Hall–Kier alpha value is -1.14.